The summed E-state index contributed by atoms with van der Waals surface area (Å²) < 4.78 is 37.7. The SMILES string of the molecule is CC(=O)C1=C(C)C2C=C(C(F)(F)F)C=C2C=C1. The van der Waals surface area contributed by atoms with Crippen LogP contribution in [0.15, 0.2) is 46.6 Å². The maximum absolute atomic E-state index is 12.6. The van der Waals surface area contributed by atoms with Crippen LogP contribution in [0.4, 0.5) is 13.2 Å². The molecule has 1 nitrogen and oxygen atoms in total. The molecule has 2 rings (SSSR count). The molecule has 17 heavy (non-hydrogen) atoms. The number of carbonyl (C=O) groups excluding carboxylic acids is 1. The van der Waals surface area contributed by atoms with Gasteiger partial charge in [0.15, 0.2) is 5.78 Å². The van der Waals surface area contributed by atoms with E-state index in [4.69, 9.17) is 0 Å². The smallest absolute Gasteiger partial charge is 0.295 e. The van der Waals surface area contributed by atoms with Crippen LogP contribution in [0.2, 0.25) is 0 Å². The van der Waals surface area contributed by atoms with E-state index in [-0.39, 0.29) is 5.78 Å². The summed E-state index contributed by atoms with van der Waals surface area (Å²) in [4.78, 5) is 11.3. The summed E-state index contributed by atoms with van der Waals surface area (Å²) >= 11 is 0. The summed E-state index contributed by atoms with van der Waals surface area (Å²) in [5.41, 5.74) is 1.16. The molecule has 0 bridgehead atoms. The summed E-state index contributed by atoms with van der Waals surface area (Å²) in [6, 6.07) is 0. The Bertz CT molecular complexity index is 501. The zero-order valence-corrected chi connectivity index (χ0v) is 9.43. The van der Waals surface area contributed by atoms with Crippen molar-refractivity contribution in [1.82, 2.24) is 0 Å². The second kappa shape index (κ2) is 3.72. The Morgan fingerprint density at radius 1 is 1.29 bits per heavy atom. The number of Topliss-reactive ketones (excluding diaryl/α,β-unsaturated/α-hetero) is 1. The number of rotatable bonds is 1. The van der Waals surface area contributed by atoms with Gasteiger partial charge in [-0.2, -0.15) is 13.2 Å². The number of carbonyl (C=O) groups is 1. The Morgan fingerprint density at radius 2 is 1.94 bits per heavy atom. The molecule has 2 aliphatic carbocycles. The van der Waals surface area contributed by atoms with E-state index in [1.54, 1.807) is 19.1 Å². The van der Waals surface area contributed by atoms with Crippen molar-refractivity contribution in [1.29, 1.82) is 0 Å². The quantitative estimate of drug-likeness (QED) is 0.685. The first kappa shape index (κ1) is 11.9. The van der Waals surface area contributed by atoms with Gasteiger partial charge in [0.25, 0.3) is 0 Å². The van der Waals surface area contributed by atoms with E-state index < -0.39 is 17.7 Å². The molecule has 0 radical (unpaired) electrons. The molecule has 2 aliphatic rings. The summed E-state index contributed by atoms with van der Waals surface area (Å²) in [7, 11) is 0. The number of alkyl halides is 3. The van der Waals surface area contributed by atoms with Crippen molar-refractivity contribution in [3.63, 3.8) is 0 Å². The molecule has 0 aromatic rings. The van der Waals surface area contributed by atoms with E-state index in [2.05, 4.69) is 0 Å². The predicted octanol–water partition coefficient (Wildman–Crippen LogP) is 3.51. The molecule has 0 saturated heterocycles. The van der Waals surface area contributed by atoms with Crippen LogP contribution in [0.3, 0.4) is 0 Å². The minimum absolute atomic E-state index is 0.119. The molecule has 0 aliphatic heterocycles. The van der Waals surface area contributed by atoms with Crippen LogP contribution in [0, 0.1) is 5.92 Å². The molecule has 4 heteroatoms. The molecule has 0 aromatic heterocycles. The van der Waals surface area contributed by atoms with Crippen LogP contribution in [-0.2, 0) is 4.79 Å². The van der Waals surface area contributed by atoms with Crippen LogP contribution in [0.25, 0.3) is 0 Å². The van der Waals surface area contributed by atoms with Crippen molar-refractivity contribution in [3.8, 4) is 0 Å². The molecule has 0 saturated carbocycles. The monoisotopic (exact) mass is 240 g/mol. The summed E-state index contributed by atoms with van der Waals surface area (Å²) in [6.45, 7) is 3.12. The van der Waals surface area contributed by atoms with Crippen molar-refractivity contribution in [2.75, 3.05) is 0 Å². The lowest BCUT2D eigenvalue weighted by molar-refractivity contribution is -0.113. The highest BCUT2D eigenvalue weighted by Gasteiger charge is 2.37. The Labute approximate surface area is 97.0 Å². The Kier molecular flexibility index (Phi) is 2.60. The van der Waals surface area contributed by atoms with Gasteiger partial charge in [0, 0.05) is 11.5 Å². The van der Waals surface area contributed by atoms with Gasteiger partial charge in [0.05, 0.1) is 5.57 Å². The van der Waals surface area contributed by atoms with Gasteiger partial charge in [-0.1, -0.05) is 23.8 Å². The third-order valence-electron chi connectivity index (χ3n) is 3.07. The third-order valence-corrected chi connectivity index (χ3v) is 3.07. The number of hydrogen-bond donors (Lipinski definition) is 0. The van der Waals surface area contributed by atoms with E-state index in [1.165, 1.54) is 13.0 Å². The molecule has 0 spiro atoms. The van der Waals surface area contributed by atoms with Gasteiger partial charge in [-0.05, 0) is 25.5 Å². The average molecular weight is 240 g/mol. The molecule has 90 valence electrons. The highest BCUT2D eigenvalue weighted by Crippen LogP contribution is 2.41. The van der Waals surface area contributed by atoms with Gasteiger partial charge >= 0.3 is 6.18 Å². The van der Waals surface area contributed by atoms with Crippen molar-refractivity contribution >= 4 is 5.78 Å². The van der Waals surface area contributed by atoms with E-state index in [9.17, 15) is 18.0 Å². The first-order valence-electron chi connectivity index (χ1n) is 5.21. The summed E-state index contributed by atoms with van der Waals surface area (Å²) in [6.07, 6.45) is 1.17. The van der Waals surface area contributed by atoms with Crippen LogP contribution in [0.5, 0.6) is 0 Å². The molecule has 0 fully saturated rings. The van der Waals surface area contributed by atoms with E-state index in [1.807, 2.05) is 0 Å². The molecular weight excluding hydrogens is 229 g/mol. The summed E-state index contributed by atoms with van der Waals surface area (Å²) in [5, 5.41) is 0. The molecule has 0 heterocycles. The predicted molar refractivity (Wildman–Crippen MR) is 58.2 cm³/mol. The second-order valence-corrected chi connectivity index (χ2v) is 4.23. The Hall–Kier alpha value is -1.58. The fraction of sp³-hybridized carbons (Fsp3) is 0.308. The van der Waals surface area contributed by atoms with Crippen LogP contribution < -0.4 is 0 Å². The molecule has 0 aromatic carbocycles. The van der Waals surface area contributed by atoms with Crippen molar-refractivity contribution in [2.45, 2.75) is 20.0 Å². The fourth-order valence-electron chi connectivity index (χ4n) is 2.17. The van der Waals surface area contributed by atoms with Crippen LogP contribution in [0.1, 0.15) is 13.8 Å². The average Bonchev–Trinajstić information content (AvgIpc) is 2.61. The minimum Gasteiger partial charge on any atom is -0.295 e. The standard InChI is InChI=1S/C13H11F3O/c1-7-11(8(2)17)4-3-9-5-10(6-12(7)9)13(14,15)16/h3-6,12H,1-2H3. The van der Waals surface area contributed by atoms with Crippen molar-refractivity contribution in [3.05, 3.63) is 46.6 Å². The highest BCUT2D eigenvalue weighted by molar-refractivity contribution is 5.97. The van der Waals surface area contributed by atoms with E-state index in [0.29, 0.717) is 16.7 Å². The fourth-order valence-corrected chi connectivity index (χ4v) is 2.17. The lowest BCUT2D eigenvalue weighted by Crippen LogP contribution is -2.10. The number of ketones is 1. The van der Waals surface area contributed by atoms with Crippen molar-refractivity contribution in [2.24, 2.45) is 5.92 Å². The van der Waals surface area contributed by atoms with Crippen LogP contribution >= 0.6 is 0 Å². The molecule has 1 unspecified atom stereocenters. The summed E-state index contributed by atoms with van der Waals surface area (Å²) in [5.74, 6) is -0.526. The lowest BCUT2D eigenvalue weighted by Gasteiger charge is -2.18. The zero-order chi connectivity index (χ0) is 12.8. The second-order valence-electron chi connectivity index (χ2n) is 4.23. The van der Waals surface area contributed by atoms with E-state index in [0.717, 1.165) is 6.08 Å². The third kappa shape index (κ3) is 1.99. The molecule has 1 atom stereocenters. The van der Waals surface area contributed by atoms with Gasteiger partial charge in [-0.15, -0.1) is 0 Å². The zero-order valence-electron chi connectivity index (χ0n) is 9.43. The first-order chi connectivity index (χ1) is 7.80. The highest BCUT2D eigenvalue weighted by atomic mass is 19.4. The topological polar surface area (TPSA) is 17.1 Å². The van der Waals surface area contributed by atoms with Crippen LogP contribution in [-0.4, -0.2) is 12.0 Å². The number of allylic oxidation sites excluding steroid dienone is 8. The van der Waals surface area contributed by atoms with Gasteiger partial charge < -0.3 is 0 Å². The number of hydrogen-bond acceptors (Lipinski definition) is 1. The van der Waals surface area contributed by atoms with E-state index >= 15 is 0 Å². The Morgan fingerprint density at radius 3 is 2.47 bits per heavy atom. The van der Waals surface area contributed by atoms with Crippen molar-refractivity contribution < 1.29 is 18.0 Å². The van der Waals surface area contributed by atoms with Gasteiger partial charge in [0.1, 0.15) is 0 Å². The normalized spacial score (nSPS) is 23.5. The number of halogens is 3. The van der Waals surface area contributed by atoms with Gasteiger partial charge in [-0.3, -0.25) is 4.79 Å². The number of fused-ring (bicyclic) bond motifs is 1. The maximum atomic E-state index is 12.6. The van der Waals surface area contributed by atoms with Gasteiger partial charge in [0.2, 0.25) is 0 Å². The largest absolute Gasteiger partial charge is 0.416 e. The first-order valence-corrected chi connectivity index (χ1v) is 5.21. The molecular formula is C13H11F3O. The Balaban J connectivity index is 2.44. The maximum Gasteiger partial charge on any atom is 0.416 e. The molecule has 0 amide bonds. The van der Waals surface area contributed by atoms with Gasteiger partial charge in [-0.25, -0.2) is 0 Å². The minimum atomic E-state index is -4.32. The lowest BCUT2D eigenvalue weighted by atomic mass is 9.85. The molecule has 0 N–H and O–H groups in total.